The van der Waals surface area contributed by atoms with E-state index in [-0.39, 0.29) is 29.4 Å². The summed E-state index contributed by atoms with van der Waals surface area (Å²) in [5.41, 5.74) is 0.290. The molecule has 2 atom stereocenters. The largest absolute Gasteiger partial charge is 0.469 e. The number of amides is 1. The van der Waals surface area contributed by atoms with Crippen LogP contribution in [0.3, 0.4) is 0 Å². The quantitative estimate of drug-likeness (QED) is 0.836. The molecule has 0 bridgehead atoms. The third kappa shape index (κ3) is 3.53. The molecular formula is C14H19N3O3. The second kappa shape index (κ2) is 6.98. The summed E-state index contributed by atoms with van der Waals surface area (Å²) in [4.78, 5) is 31.4. The minimum Gasteiger partial charge on any atom is -0.469 e. The van der Waals surface area contributed by atoms with E-state index in [2.05, 4.69) is 15.3 Å². The molecule has 1 aliphatic carbocycles. The number of aromatic nitrogens is 2. The highest BCUT2D eigenvalue weighted by molar-refractivity contribution is 5.91. The van der Waals surface area contributed by atoms with Gasteiger partial charge in [0.1, 0.15) is 5.69 Å². The van der Waals surface area contributed by atoms with Crippen LogP contribution in [0, 0.1) is 11.8 Å². The molecule has 0 aromatic carbocycles. The molecule has 1 amide bonds. The second-order valence-corrected chi connectivity index (χ2v) is 4.97. The smallest absolute Gasteiger partial charge is 0.309 e. The summed E-state index contributed by atoms with van der Waals surface area (Å²) in [5.74, 6) is -0.413. The Morgan fingerprint density at radius 1 is 1.35 bits per heavy atom. The lowest BCUT2D eigenvalue weighted by Gasteiger charge is -2.29. The highest BCUT2D eigenvalue weighted by atomic mass is 16.5. The summed E-state index contributed by atoms with van der Waals surface area (Å²) >= 11 is 0. The van der Waals surface area contributed by atoms with Crippen molar-refractivity contribution in [2.45, 2.75) is 25.7 Å². The number of hydrogen-bond acceptors (Lipinski definition) is 5. The van der Waals surface area contributed by atoms with E-state index in [4.69, 9.17) is 4.74 Å². The van der Waals surface area contributed by atoms with Crippen molar-refractivity contribution in [2.24, 2.45) is 11.8 Å². The molecule has 1 fully saturated rings. The van der Waals surface area contributed by atoms with Gasteiger partial charge in [-0.05, 0) is 18.8 Å². The molecule has 0 spiro atoms. The van der Waals surface area contributed by atoms with Gasteiger partial charge in [0.2, 0.25) is 0 Å². The van der Waals surface area contributed by atoms with Crippen molar-refractivity contribution in [3.05, 3.63) is 24.3 Å². The highest BCUT2D eigenvalue weighted by Crippen LogP contribution is 2.30. The number of ether oxygens (including phenoxy) is 1. The van der Waals surface area contributed by atoms with Gasteiger partial charge in [0.15, 0.2) is 0 Å². The number of esters is 1. The van der Waals surface area contributed by atoms with Gasteiger partial charge < -0.3 is 10.1 Å². The number of carbonyl (C=O) groups excluding carboxylic acids is 2. The van der Waals surface area contributed by atoms with Crippen molar-refractivity contribution >= 4 is 11.9 Å². The second-order valence-electron chi connectivity index (χ2n) is 4.97. The van der Waals surface area contributed by atoms with Gasteiger partial charge in [-0.2, -0.15) is 0 Å². The maximum absolute atomic E-state index is 11.9. The van der Waals surface area contributed by atoms with Crippen LogP contribution in [-0.2, 0) is 9.53 Å². The Morgan fingerprint density at radius 2 is 2.15 bits per heavy atom. The first-order valence-electron chi connectivity index (χ1n) is 6.84. The van der Waals surface area contributed by atoms with Crippen LogP contribution in [0.15, 0.2) is 18.6 Å². The molecule has 0 saturated heterocycles. The number of carbonyl (C=O) groups is 2. The van der Waals surface area contributed by atoms with Gasteiger partial charge in [-0.1, -0.05) is 12.8 Å². The van der Waals surface area contributed by atoms with Crippen LogP contribution in [-0.4, -0.2) is 35.5 Å². The van der Waals surface area contributed by atoms with E-state index >= 15 is 0 Å². The fourth-order valence-electron chi connectivity index (χ4n) is 2.64. The zero-order chi connectivity index (χ0) is 14.4. The Hall–Kier alpha value is -1.98. The maximum Gasteiger partial charge on any atom is 0.309 e. The Morgan fingerprint density at radius 3 is 2.85 bits per heavy atom. The molecule has 0 radical (unpaired) electrons. The number of nitrogens with zero attached hydrogens (tertiary/aromatic N) is 2. The lowest BCUT2D eigenvalue weighted by Crippen LogP contribution is -2.37. The van der Waals surface area contributed by atoms with Crippen LogP contribution in [0.1, 0.15) is 36.2 Å². The number of nitrogens with one attached hydrogen (secondary N) is 1. The molecule has 6 heteroatoms. The molecule has 0 aliphatic heterocycles. The fourth-order valence-corrected chi connectivity index (χ4v) is 2.64. The van der Waals surface area contributed by atoms with Gasteiger partial charge in [0.05, 0.1) is 19.2 Å². The van der Waals surface area contributed by atoms with Gasteiger partial charge in [0, 0.05) is 18.9 Å². The van der Waals surface area contributed by atoms with Crippen molar-refractivity contribution in [3.8, 4) is 0 Å². The van der Waals surface area contributed by atoms with Crippen LogP contribution >= 0.6 is 0 Å². The molecule has 2 rings (SSSR count). The SMILES string of the molecule is COC(=O)C1CCCCC1CNC(=O)c1cnccn1. The number of methoxy groups -OCH3 is 1. The van der Waals surface area contributed by atoms with Crippen molar-refractivity contribution in [2.75, 3.05) is 13.7 Å². The lowest BCUT2D eigenvalue weighted by atomic mass is 9.79. The van der Waals surface area contributed by atoms with Crippen LogP contribution < -0.4 is 5.32 Å². The predicted octanol–water partition coefficient (Wildman–Crippen LogP) is 1.19. The van der Waals surface area contributed by atoms with Crippen molar-refractivity contribution in [1.29, 1.82) is 0 Å². The Labute approximate surface area is 118 Å². The lowest BCUT2D eigenvalue weighted by molar-refractivity contribution is -0.148. The molecule has 1 saturated carbocycles. The number of hydrogen-bond donors (Lipinski definition) is 1. The van der Waals surface area contributed by atoms with Crippen molar-refractivity contribution in [3.63, 3.8) is 0 Å². The van der Waals surface area contributed by atoms with Gasteiger partial charge >= 0.3 is 5.97 Å². The minimum atomic E-state index is -0.257. The molecule has 1 aliphatic rings. The maximum atomic E-state index is 11.9. The molecule has 108 valence electrons. The van der Waals surface area contributed by atoms with E-state index in [0.29, 0.717) is 6.54 Å². The first-order chi connectivity index (χ1) is 9.72. The Bertz CT molecular complexity index is 464. The van der Waals surface area contributed by atoms with E-state index in [1.807, 2.05) is 0 Å². The average Bonchev–Trinajstić information content (AvgIpc) is 2.53. The third-order valence-corrected chi connectivity index (χ3v) is 3.73. The molecule has 6 nitrogen and oxygen atoms in total. The average molecular weight is 277 g/mol. The van der Waals surface area contributed by atoms with E-state index in [0.717, 1.165) is 25.7 Å². The van der Waals surface area contributed by atoms with E-state index in [1.54, 1.807) is 0 Å². The summed E-state index contributed by atoms with van der Waals surface area (Å²) in [5, 5.41) is 2.83. The topological polar surface area (TPSA) is 81.2 Å². The molecule has 1 N–H and O–H groups in total. The first kappa shape index (κ1) is 14.4. The monoisotopic (exact) mass is 277 g/mol. The summed E-state index contributed by atoms with van der Waals surface area (Å²) in [6.07, 6.45) is 8.30. The minimum absolute atomic E-state index is 0.115. The van der Waals surface area contributed by atoms with Gasteiger partial charge in [-0.3, -0.25) is 14.6 Å². The molecule has 2 unspecified atom stereocenters. The summed E-state index contributed by atoms with van der Waals surface area (Å²) in [7, 11) is 1.41. The van der Waals surface area contributed by atoms with E-state index in [9.17, 15) is 9.59 Å². The molecule has 1 aromatic rings. The zero-order valence-corrected chi connectivity index (χ0v) is 11.5. The first-order valence-corrected chi connectivity index (χ1v) is 6.84. The van der Waals surface area contributed by atoms with Crippen molar-refractivity contribution in [1.82, 2.24) is 15.3 Å². The van der Waals surface area contributed by atoms with Crippen LogP contribution in [0.5, 0.6) is 0 Å². The standard InChI is InChI=1S/C14H19N3O3/c1-20-14(19)11-5-3-2-4-10(11)8-17-13(18)12-9-15-6-7-16-12/h6-7,9-11H,2-5,8H2,1H3,(H,17,18). The fraction of sp³-hybridized carbons (Fsp3) is 0.571. The van der Waals surface area contributed by atoms with Gasteiger partial charge in [-0.15, -0.1) is 0 Å². The summed E-state index contributed by atoms with van der Waals surface area (Å²) in [6.45, 7) is 0.467. The summed E-state index contributed by atoms with van der Waals surface area (Å²) in [6, 6.07) is 0. The number of rotatable bonds is 4. The predicted molar refractivity (Wildman–Crippen MR) is 71.8 cm³/mol. The molecular weight excluding hydrogens is 258 g/mol. The molecule has 20 heavy (non-hydrogen) atoms. The molecule has 1 aromatic heterocycles. The Kier molecular flexibility index (Phi) is 5.03. The Balaban J connectivity index is 1.91. The summed E-state index contributed by atoms with van der Waals surface area (Å²) < 4.78 is 4.84. The van der Waals surface area contributed by atoms with Crippen LogP contribution in [0.4, 0.5) is 0 Å². The van der Waals surface area contributed by atoms with Gasteiger partial charge in [0.25, 0.3) is 5.91 Å². The van der Waals surface area contributed by atoms with Crippen LogP contribution in [0.2, 0.25) is 0 Å². The van der Waals surface area contributed by atoms with E-state index in [1.165, 1.54) is 25.7 Å². The highest BCUT2D eigenvalue weighted by Gasteiger charge is 2.31. The van der Waals surface area contributed by atoms with E-state index < -0.39 is 0 Å². The van der Waals surface area contributed by atoms with Crippen molar-refractivity contribution < 1.29 is 14.3 Å². The van der Waals surface area contributed by atoms with Crippen LogP contribution in [0.25, 0.3) is 0 Å². The third-order valence-electron chi connectivity index (χ3n) is 3.73. The normalized spacial score (nSPS) is 22.1. The zero-order valence-electron chi connectivity index (χ0n) is 11.5. The van der Waals surface area contributed by atoms with Gasteiger partial charge in [-0.25, -0.2) is 4.98 Å². The molecule has 1 heterocycles.